The Morgan fingerprint density at radius 1 is 1.45 bits per heavy atom. The Bertz CT molecular complexity index is 486. The summed E-state index contributed by atoms with van der Waals surface area (Å²) >= 11 is 0. The molecule has 1 N–H and O–H groups in total. The normalized spacial score (nSPS) is 10.6. The van der Waals surface area contributed by atoms with Crippen LogP contribution in [0.1, 0.15) is 36.2 Å². The average Bonchev–Trinajstić information content (AvgIpc) is 2.36. The van der Waals surface area contributed by atoms with Gasteiger partial charge in [-0.1, -0.05) is 12.1 Å². The molecule has 0 aliphatic carbocycles. The number of rotatable bonds is 7. The number of nitro benzene ring substituents is 1. The second-order valence-corrected chi connectivity index (χ2v) is 4.76. The molecule has 0 atom stereocenters. The smallest absolute Gasteiger partial charge is 0.285 e. The first-order valence-corrected chi connectivity index (χ1v) is 6.57. The van der Waals surface area contributed by atoms with Gasteiger partial charge in [-0.2, -0.15) is 0 Å². The van der Waals surface area contributed by atoms with Gasteiger partial charge in [-0.05, 0) is 33.3 Å². The SMILES string of the molecule is Cc1cccc(C(=O)NCCCOC(C)C)c1[N+](=O)[O-]. The third-order valence-electron chi connectivity index (χ3n) is 2.72. The summed E-state index contributed by atoms with van der Waals surface area (Å²) in [7, 11) is 0. The monoisotopic (exact) mass is 280 g/mol. The van der Waals surface area contributed by atoms with E-state index >= 15 is 0 Å². The molecule has 0 unspecified atom stereocenters. The van der Waals surface area contributed by atoms with E-state index in [4.69, 9.17) is 4.74 Å². The topological polar surface area (TPSA) is 81.5 Å². The number of aryl methyl sites for hydroxylation is 1. The fourth-order valence-corrected chi connectivity index (χ4v) is 1.77. The van der Waals surface area contributed by atoms with E-state index in [1.807, 2.05) is 13.8 Å². The second-order valence-electron chi connectivity index (χ2n) is 4.76. The van der Waals surface area contributed by atoms with Crippen LogP contribution < -0.4 is 5.32 Å². The molecule has 20 heavy (non-hydrogen) atoms. The lowest BCUT2D eigenvalue weighted by Crippen LogP contribution is -2.26. The minimum atomic E-state index is -0.522. The minimum Gasteiger partial charge on any atom is -0.379 e. The van der Waals surface area contributed by atoms with Crippen LogP contribution in [-0.4, -0.2) is 30.1 Å². The number of para-hydroxylation sites is 1. The first kappa shape index (κ1) is 16.1. The summed E-state index contributed by atoms with van der Waals surface area (Å²) in [5.41, 5.74) is 0.439. The Morgan fingerprint density at radius 2 is 2.15 bits per heavy atom. The molecule has 0 aliphatic rings. The number of amides is 1. The van der Waals surface area contributed by atoms with Crippen molar-refractivity contribution in [2.24, 2.45) is 0 Å². The lowest BCUT2D eigenvalue weighted by molar-refractivity contribution is -0.385. The molecule has 0 aromatic heterocycles. The van der Waals surface area contributed by atoms with Crippen molar-refractivity contribution < 1.29 is 14.5 Å². The maximum absolute atomic E-state index is 12.0. The van der Waals surface area contributed by atoms with Gasteiger partial charge >= 0.3 is 0 Å². The number of nitrogens with one attached hydrogen (secondary N) is 1. The van der Waals surface area contributed by atoms with E-state index in [0.29, 0.717) is 25.1 Å². The largest absolute Gasteiger partial charge is 0.379 e. The zero-order chi connectivity index (χ0) is 15.1. The first-order chi connectivity index (χ1) is 9.43. The lowest BCUT2D eigenvalue weighted by Gasteiger charge is -2.09. The zero-order valence-electron chi connectivity index (χ0n) is 12.0. The highest BCUT2D eigenvalue weighted by Crippen LogP contribution is 2.22. The lowest BCUT2D eigenvalue weighted by atomic mass is 10.1. The number of nitrogens with zero attached hydrogens (tertiary/aromatic N) is 1. The van der Waals surface area contributed by atoms with Crippen molar-refractivity contribution in [3.8, 4) is 0 Å². The van der Waals surface area contributed by atoms with E-state index in [0.717, 1.165) is 0 Å². The molecule has 1 aromatic rings. The number of carbonyl (C=O) groups is 1. The van der Waals surface area contributed by atoms with Gasteiger partial charge in [-0.3, -0.25) is 14.9 Å². The molecule has 0 bridgehead atoms. The summed E-state index contributed by atoms with van der Waals surface area (Å²) in [6.45, 7) is 6.47. The molecular weight excluding hydrogens is 260 g/mol. The Balaban J connectivity index is 2.60. The van der Waals surface area contributed by atoms with Gasteiger partial charge in [0, 0.05) is 18.7 Å². The second kappa shape index (κ2) is 7.59. The number of hydrogen-bond donors (Lipinski definition) is 1. The van der Waals surface area contributed by atoms with Crippen molar-refractivity contribution in [3.05, 3.63) is 39.4 Å². The fraction of sp³-hybridized carbons (Fsp3) is 0.500. The zero-order valence-corrected chi connectivity index (χ0v) is 12.0. The van der Waals surface area contributed by atoms with Crippen LogP contribution >= 0.6 is 0 Å². The van der Waals surface area contributed by atoms with Crippen molar-refractivity contribution in [1.29, 1.82) is 0 Å². The molecule has 6 nitrogen and oxygen atoms in total. The van der Waals surface area contributed by atoms with E-state index in [-0.39, 0.29) is 17.4 Å². The van der Waals surface area contributed by atoms with E-state index in [1.165, 1.54) is 6.07 Å². The molecule has 0 aliphatic heterocycles. The van der Waals surface area contributed by atoms with Crippen molar-refractivity contribution >= 4 is 11.6 Å². The molecule has 1 amide bonds. The highest BCUT2D eigenvalue weighted by atomic mass is 16.6. The third-order valence-corrected chi connectivity index (χ3v) is 2.72. The molecule has 1 rings (SSSR count). The maximum atomic E-state index is 12.0. The molecule has 1 aromatic carbocycles. The quantitative estimate of drug-likeness (QED) is 0.472. The van der Waals surface area contributed by atoms with Crippen LogP contribution in [0.15, 0.2) is 18.2 Å². The van der Waals surface area contributed by atoms with Crippen molar-refractivity contribution in [3.63, 3.8) is 0 Å². The van der Waals surface area contributed by atoms with E-state index in [9.17, 15) is 14.9 Å². The Morgan fingerprint density at radius 3 is 2.75 bits per heavy atom. The van der Waals surface area contributed by atoms with Crippen molar-refractivity contribution in [2.45, 2.75) is 33.3 Å². The molecule has 0 spiro atoms. The molecule has 0 heterocycles. The molecule has 0 fully saturated rings. The summed E-state index contributed by atoms with van der Waals surface area (Å²) in [5.74, 6) is -0.426. The van der Waals surface area contributed by atoms with Crippen LogP contribution in [0.4, 0.5) is 5.69 Å². The molecule has 0 saturated heterocycles. The summed E-state index contributed by atoms with van der Waals surface area (Å²) < 4.78 is 5.35. The standard InChI is InChI=1S/C14H20N2O4/c1-10(2)20-9-5-8-15-14(17)12-7-4-6-11(3)13(12)16(18)19/h4,6-7,10H,5,8-9H2,1-3H3,(H,15,17). The number of carbonyl (C=O) groups excluding carboxylic acids is 1. The predicted octanol–water partition coefficient (Wildman–Crippen LogP) is 2.45. The molecule has 0 radical (unpaired) electrons. The Labute approximate surface area is 118 Å². The maximum Gasteiger partial charge on any atom is 0.285 e. The Kier molecular flexibility index (Phi) is 6.11. The first-order valence-electron chi connectivity index (χ1n) is 6.57. The van der Waals surface area contributed by atoms with Gasteiger partial charge in [0.15, 0.2) is 0 Å². The van der Waals surface area contributed by atoms with Gasteiger partial charge in [0.1, 0.15) is 5.56 Å². The molecule has 6 heteroatoms. The van der Waals surface area contributed by atoms with E-state index in [1.54, 1.807) is 19.1 Å². The van der Waals surface area contributed by atoms with Crippen molar-refractivity contribution in [2.75, 3.05) is 13.2 Å². The van der Waals surface area contributed by atoms with Crippen LogP contribution in [0.5, 0.6) is 0 Å². The third kappa shape index (κ3) is 4.62. The highest BCUT2D eigenvalue weighted by Gasteiger charge is 2.21. The fourth-order valence-electron chi connectivity index (χ4n) is 1.77. The summed E-state index contributed by atoms with van der Waals surface area (Å²) in [6, 6.07) is 4.72. The number of hydrogen-bond acceptors (Lipinski definition) is 4. The summed E-state index contributed by atoms with van der Waals surface area (Å²) in [5, 5.41) is 13.7. The van der Waals surface area contributed by atoms with Crippen LogP contribution in [-0.2, 0) is 4.74 Å². The van der Waals surface area contributed by atoms with Gasteiger partial charge in [-0.25, -0.2) is 0 Å². The number of ether oxygens (including phenoxy) is 1. The van der Waals surface area contributed by atoms with E-state index < -0.39 is 10.8 Å². The number of nitro groups is 1. The van der Waals surface area contributed by atoms with Gasteiger partial charge in [0.25, 0.3) is 11.6 Å². The minimum absolute atomic E-state index is 0.0970. The summed E-state index contributed by atoms with van der Waals surface area (Å²) in [4.78, 5) is 22.4. The van der Waals surface area contributed by atoms with Crippen LogP contribution in [0, 0.1) is 17.0 Å². The summed E-state index contributed by atoms with van der Waals surface area (Å²) in [6.07, 6.45) is 0.826. The van der Waals surface area contributed by atoms with E-state index in [2.05, 4.69) is 5.32 Å². The molecule has 0 saturated carbocycles. The van der Waals surface area contributed by atoms with Gasteiger partial charge in [-0.15, -0.1) is 0 Å². The predicted molar refractivity (Wildman–Crippen MR) is 75.9 cm³/mol. The molecular formula is C14H20N2O4. The molecule has 110 valence electrons. The van der Waals surface area contributed by atoms with Crippen molar-refractivity contribution in [1.82, 2.24) is 5.32 Å². The van der Waals surface area contributed by atoms with Crippen LogP contribution in [0.2, 0.25) is 0 Å². The highest BCUT2D eigenvalue weighted by molar-refractivity contribution is 5.98. The van der Waals surface area contributed by atoms with Crippen LogP contribution in [0.25, 0.3) is 0 Å². The van der Waals surface area contributed by atoms with Crippen LogP contribution in [0.3, 0.4) is 0 Å². The number of benzene rings is 1. The Hall–Kier alpha value is -1.95. The van der Waals surface area contributed by atoms with Gasteiger partial charge in [0.2, 0.25) is 0 Å². The average molecular weight is 280 g/mol. The van der Waals surface area contributed by atoms with Gasteiger partial charge in [0.05, 0.1) is 11.0 Å². The van der Waals surface area contributed by atoms with Gasteiger partial charge < -0.3 is 10.1 Å².